The van der Waals surface area contributed by atoms with E-state index in [-0.39, 0.29) is 28.8 Å². The van der Waals surface area contributed by atoms with Crippen molar-refractivity contribution < 1.29 is 29.6 Å². The summed E-state index contributed by atoms with van der Waals surface area (Å²) in [5.74, 6) is -0.630. The van der Waals surface area contributed by atoms with E-state index in [1.54, 1.807) is 0 Å². The summed E-state index contributed by atoms with van der Waals surface area (Å²) in [6, 6.07) is 8.39. The molecule has 0 amide bonds. The van der Waals surface area contributed by atoms with Crippen LogP contribution in [0.3, 0.4) is 0 Å². The average molecular weight is 302 g/mol. The van der Waals surface area contributed by atoms with E-state index in [0.717, 1.165) is 0 Å². The van der Waals surface area contributed by atoms with Gasteiger partial charge >= 0.3 is 0 Å². The van der Waals surface area contributed by atoms with Gasteiger partial charge in [0.2, 0.25) is 0 Å². The van der Waals surface area contributed by atoms with Crippen molar-refractivity contribution in [3.63, 3.8) is 0 Å². The van der Waals surface area contributed by atoms with Crippen molar-refractivity contribution in [2.24, 2.45) is 0 Å². The molecule has 0 aliphatic carbocycles. The first-order valence-electron chi connectivity index (χ1n) is 6.60. The first-order valence-corrected chi connectivity index (χ1v) is 6.60. The third-order valence-corrected chi connectivity index (χ3v) is 3.60. The maximum absolute atomic E-state index is 12.5. The standard InChI is InChI=1S/C16H14O6/c1-21-16-14(20)10-4-3-9(17)7-13(10)22-15(16)8-2-5-11(18)12(19)6-8/h2-7,15-19H,1H3/t15-,16-/m0/s1. The highest BCUT2D eigenvalue weighted by Crippen LogP contribution is 2.39. The summed E-state index contributed by atoms with van der Waals surface area (Å²) < 4.78 is 11.0. The summed E-state index contributed by atoms with van der Waals surface area (Å²) in [7, 11) is 1.39. The number of methoxy groups -OCH3 is 1. The minimum Gasteiger partial charge on any atom is -0.508 e. The third kappa shape index (κ3) is 2.23. The van der Waals surface area contributed by atoms with E-state index in [0.29, 0.717) is 11.1 Å². The number of ether oxygens (including phenoxy) is 2. The Labute approximate surface area is 126 Å². The molecule has 0 fully saturated rings. The van der Waals surface area contributed by atoms with E-state index >= 15 is 0 Å². The summed E-state index contributed by atoms with van der Waals surface area (Å²) >= 11 is 0. The molecule has 1 aliphatic heterocycles. The van der Waals surface area contributed by atoms with Gasteiger partial charge in [-0.1, -0.05) is 6.07 Å². The van der Waals surface area contributed by atoms with Crippen LogP contribution in [0.15, 0.2) is 36.4 Å². The van der Waals surface area contributed by atoms with Crippen LogP contribution in [0.5, 0.6) is 23.0 Å². The number of fused-ring (bicyclic) bond motifs is 1. The topological polar surface area (TPSA) is 96.2 Å². The minimum absolute atomic E-state index is 0.0188. The molecule has 3 N–H and O–H groups in total. The van der Waals surface area contributed by atoms with Gasteiger partial charge in [0, 0.05) is 13.2 Å². The average Bonchev–Trinajstić information content (AvgIpc) is 2.49. The van der Waals surface area contributed by atoms with Crippen LogP contribution >= 0.6 is 0 Å². The van der Waals surface area contributed by atoms with Crippen molar-refractivity contribution in [1.82, 2.24) is 0 Å². The lowest BCUT2D eigenvalue weighted by Crippen LogP contribution is -2.37. The van der Waals surface area contributed by atoms with Crippen molar-refractivity contribution in [3.8, 4) is 23.0 Å². The molecule has 2 aromatic carbocycles. The number of Topliss-reactive ketones (excluding diaryl/α,β-unsaturated/α-hetero) is 1. The third-order valence-electron chi connectivity index (χ3n) is 3.60. The van der Waals surface area contributed by atoms with Gasteiger partial charge in [0.15, 0.2) is 29.5 Å². The van der Waals surface area contributed by atoms with Crippen LogP contribution in [0.2, 0.25) is 0 Å². The van der Waals surface area contributed by atoms with Gasteiger partial charge in [0.05, 0.1) is 5.56 Å². The molecule has 1 heterocycles. The molecular formula is C16H14O6. The van der Waals surface area contributed by atoms with Crippen molar-refractivity contribution in [2.45, 2.75) is 12.2 Å². The fourth-order valence-corrected chi connectivity index (χ4v) is 2.49. The van der Waals surface area contributed by atoms with Crippen molar-refractivity contribution >= 4 is 5.78 Å². The van der Waals surface area contributed by atoms with Crippen LogP contribution in [0.1, 0.15) is 22.0 Å². The molecule has 2 atom stereocenters. The Kier molecular flexibility index (Phi) is 3.38. The van der Waals surface area contributed by atoms with Crippen LogP contribution in [0.4, 0.5) is 0 Å². The molecule has 0 saturated carbocycles. The van der Waals surface area contributed by atoms with E-state index in [9.17, 15) is 20.1 Å². The number of benzene rings is 2. The quantitative estimate of drug-likeness (QED) is 0.735. The Morgan fingerprint density at radius 2 is 1.82 bits per heavy atom. The van der Waals surface area contributed by atoms with Crippen molar-refractivity contribution in [3.05, 3.63) is 47.5 Å². The lowest BCUT2D eigenvalue weighted by atomic mass is 9.93. The SMILES string of the molecule is CO[C@H]1C(=O)c2ccc(O)cc2O[C@H]1c1ccc(O)c(O)c1. The minimum atomic E-state index is -0.888. The fraction of sp³-hybridized carbons (Fsp3) is 0.188. The monoisotopic (exact) mass is 302 g/mol. The number of aromatic hydroxyl groups is 3. The maximum atomic E-state index is 12.5. The van der Waals surface area contributed by atoms with Gasteiger partial charge in [-0.15, -0.1) is 0 Å². The van der Waals surface area contributed by atoms with Gasteiger partial charge in [-0.05, 0) is 29.8 Å². The molecule has 0 saturated heterocycles. The second-order valence-corrected chi connectivity index (χ2v) is 4.99. The Balaban J connectivity index is 2.07. The highest BCUT2D eigenvalue weighted by molar-refractivity contribution is 6.03. The maximum Gasteiger partial charge on any atom is 0.199 e. The number of rotatable bonds is 2. The van der Waals surface area contributed by atoms with Gasteiger partial charge in [0.25, 0.3) is 0 Å². The van der Waals surface area contributed by atoms with Crippen molar-refractivity contribution in [2.75, 3.05) is 7.11 Å². The molecule has 2 aromatic rings. The predicted octanol–water partition coefficient (Wildman–Crippen LogP) is 2.13. The number of ketones is 1. The van der Waals surface area contributed by atoms with E-state index < -0.39 is 12.2 Å². The zero-order chi connectivity index (χ0) is 15.9. The number of phenolic OH excluding ortho intramolecular Hbond substituents is 3. The second-order valence-electron chi connectivity index (χ2n) is 4.99. The van der Waals surface area contributed by atoms with Crippen LogP contribution in [-0.2, 0) is 4.74 Å². The van der Waals surface area contributed by atoms with E-state index in [4.69, 9.17) is 9.47 Å². The summed E-state index contributed by atoms with van der Waals surface area (Å²) in [4.78, 5) is 12.5. The molecule has 6 heteroatoms. The summed E-state index contributed by atoms with van der Waals surface area (Å²) in [5, 5.41) is 28.6. The normalized spacial score (nSPS) is 20.3. The van der Waals surface area contributed by atoms with Crippen LogP contribution in [0, 0.1) is 0 Å². The molecule has 1 aliphatic rings. The highest BCUT2D eigenvalue weighted by atomic mass is 16.5. The van der Waals surface area contributed by atoms with Crippen LogP contribution in [0.25, 0.3) is 0 Å². The Bertz CT molecular complexity index is 739. The summed E-state index contributed by atoms with van der Waals surface area (Å²) in [6.07, 6.45) is -1.68. The Morgan fingerprint density at radius 1 is 1.05 bits per heavy atom. The zero-order valence-corrected chi connectivity index (χ0v) is 11.7. The van der Waals surface area contributed by atoms with Gasteiger partial charge in [-0.3, -0.25) is 4.79 Å². The largest absolute Gasteiger partial charge is 0.508 e. The Hall–Kier alpha value is -2.73. The molecule has 22 heavy (non-hydrogen) atoms. The first-order chi connectivity index (χ1) is 10.5. The Morgan fingerprint density at radius 3 is 2.50 bits per heavy atom. The van der Waals surface area contributed by atoms with Gasteiger partial charge < -0.3 is 24.8 Å². The summed E-state index contributed by atoms with van der Waals surface area (Å²) in [5.41, 5.74) is 0.799. The van der Waals surface area contributed by atoms with Crippen LogP contribution < -0.4 is 4.74 Å². The van der Waals surface area contributed by atoms with Gasteiger partial charge in [-0.2, -0.15) is 0 Å². The number of carbonyl (C=O) groups excluding carboxylic acids is 1. The van der Waals surface area contributed by atoms with E-state index in [2.05, 4.69) is 0 Å². The lowest BCUT2D eigenvalue weighted by molar-refractivity contribution is -0.000757. The molecule has 0 aromatic heterocycles. The second kappa shape index (κ2) is 5.23. The van der Waals surface area contributed by atoms with Gasteiger partial charge in [-0.25, -0.2) is 0 Å². The highest BCUT2D eigenvalue weighted by Gasteiger charge is 2.38. The number of hydrogen-bond acceptors (Lipinski definition) is 6. The molecule has 3 rings (SSSR count). The molecule has 0 spiro atoms. The molecule has 0 bridgehead atoms. The fourth-order valence-electron chi connectivity index (χ4n) is 2.49. The lowest BCUT2D eigenvalue weighted by Gasteiger charge is -2.32. The van der Waals surface area contributed by atoms with Gasteiger partial charge in [0.1, 0.15) is 11.5 Å². The van der Waals surface area contributed by atoms with E-state index in [1.165, 1.54) is 43.5 Å². The number of carbonyl (C=O) groups is 1. The number of hydrogen-bond donors (Lipinski definition) is 3. The molecular weight excluding hydrogens is 288 g/mol. The first kappa shape index (κ1) is 14.2. The zero-order valence-electron chi connectivity index (χ0n) is 11.7. The van der Waals surface area contributed by atoms with E-state index in [1.807, 2.05) is 0 Å². The van der Waals surface area contributed by atoms with Crippen LogP contribution in [-0.4, -0.2) is 34.3 Å². The molecule has 0 radical (unpaired) electrons. The number of phenols is 3. The molecule has 0 unspecified atom stereocenters. The molecule has 114 valence electrons. The van der Waals surface area contributed by atoms with Crippen molar-refractivity contribution in [1.29, 1.82) is 0 Å². The smallest absolute Gasteiger partial charge is 0.199 e. The predicted molar refractivity (Wildman–Crippen MR) is 76.4 cm³/mol. The molecule has 6 nitrogen and oxygen atoms in total. The summed E-state index contributed by atoms with van der Waals surface area (Å²) in [6.45, 7) is 0.